The summed E-state index contributed by atoms with van der Waals surface area (Å²) in [5, 5.41) is 26.2. The van der Waals surface area contributed by atoms with Crippen molar-refractivity contribution in [2.75, 3.05) is 17.7 Å². The average molecular weight is 889 g/mol. The second-order valence-electron chi connectivity index (χ2n) is 14.7. The summed E-state index contributed by atoms with van der Waals surface area (Å²) < 4.78 is 42.7. The summed E-state index contributed by atoms with van der Waals surface area (Å²) in [7, 11) is 0. The van der Waals surface area contributed by atoms with Gasteiger partial charge in [0.2, 0.25) is 0 Å². The first-order valence-electron chi connectivity index (χ1n) is 19.9. The number of rotatable bonds is 15. The molecule has 9 atom stereocenters. The van der Waals surface area contributed by atoms with Crippen molar-refractivity contribution in [1.82, 2.24) is 0 Å². The monoisotopic (exact) mass is 888 g/mol. The second kappa shape index (κ2) is 21.6. The molecule has 2 N–H and O–H groups in total. The molecular formula is C45H48N2O13S2. The summed E-state index contributed by atoms with van der Waals surface area (Å²) in [5.41, 5.74) is 3.82. The van der Waals surface area contributed by atoms with Crippen molar-refractivity contribution in [3.05, 3.63) is 131 Å². The molecule has 3 heterocycles. The molecule has 15 nitrogen and oxygen atoms in total. The van der Waals surface area contributed by atoms with Gasteiger partial charge in [-0.2, -0.15) is 4.73 Å². The minimum absolute atomic E-state index is 0.0712. The van der Waals surface area contributed by atoms with Crippen LogP contribution in [-0.4, -0.2) is 83.0 Å². The number of esters is 4. The largest absolute Gasteiger partial charge is 0.618 e. The molecule has 3 aromatic carbocycles. The topological polar surface area (TPSA) is 192 Å². The van der Waals surface area contributed by atoms with Crippen molar-refractivity contribution in [2.45, 2.75) is 101 Å². The van der Waals surface area contributed by atoms with Crippen LogP contribution in [0.4, 0.5) is 5.69 Å². The second-order valence-corrected chi connectivity index (χ2v) is 16.2. The van der Waals surface area contributed by atoms with Gasteiger partial charge in [-0.25, -0.2) is 0 Å². The molecular weight excluding hydrogens is 841 g/mol. The van der Waals surface area contributed by atoms with E-state index in [0.717, 1.165) is 35.3 Å². The molecule has 4 aromatic rings. The van der Waals surface area contributed by atoms with E-state index < -0.39 is 72.9 Å². The fraction of sp³-hybridized carbons (Fsp3) is 0.378. The maximum atomic E-state index is 12.7. The normalized spacial score (nSPS) is 24.6. The van der Waals surface area contributed by atoms with Gasteiger partial charge in [-0.1, -0.05) is 90.7 Å². The van der Waals surface area contributed by atoms with Crippen LogP contribution in [0.5, 0.6) is 0 Å². The summed E-state index contributed by atoms with van der Waals surface area (Å²) in [6.45, 7) is 4.21. The highest BCUT2D eigenvalue weighted by Crippen LogP contribution is 2.48. The Kier molecular flexibility index (Phi) is 16.0. The highest BCUT2D eigenvalue weighted by molar-refractivity contribution is 7.99. The predicted molar refractivity (Wildman–Crippen MR) is 228 cm³/mol. The Morgan fingerprint density at radius 2 is 1.37 bits per heavy atom. The van der Waals surface area contributed by atoms with Gasteiger partial charge in [0.1, 0.15) is 18.8 Å². The van der Waals surface area contributed by atoms with Gasteiger partial charge < -0.3 is 48.8 Å². The number of aliphatic hydroxyl groups excluding tert-OH is 1. The lowest BCUT2D eigenvalue weighted by molar-refractivity contribution is -0.645. The summed E-state index contributed by atoms with van der Waals surface area (Å²) >= 11 is 7.20. The zero-order valence-electron chi connectivity index (χ0n) is 34.4. The number of nitrogens with zero attached hydrogens (tertiary/aromatic N) is 1. The van der Waals surface area contributed by atoms with E-state index >= 15 is 0 Å². The van der Waals surface area contributed by atoms with Gasteiger partial charge in [0.15, 0.2) is 30.8 Å². The lowest BCUT2D eigenvalue weighted by Crippen LogP contribution is -2.62. The first-order chi connectivity index (χ1) is 29.8. The highest BCUT2D eigenvalue weighted by Gasteiger charge is 2.52. The van der Waals surface area contributed by atoms with E-state index in [1.807, 2.05) is 78.9 Å². The molecule has 2 fully saturated rings. The van der Waals surface area contributed by atoms with Gasteiger partial charge in [-0.05, 0) is 34.9 Å². The number of thioether (sulfide) groups is 1. The number of thiocarbonyl (C=S) groups is 1. The van der Waals surface area contributed by atoms with E-state index in [4.69, 9.17) is 45.4 Å². The smallest absolute Gasteiger partial charge is 0.303 e. The Morgan fingerprint density at radius 1 is 0.726 bits per heavy atom. The van der Waals surface area contributed by atoms with E-state index in [0.29, 0.717) is 22.0 Å². The average Bonchev–Trinajstić information content (AvgIpc) is 3.24. The number of aliphatic hydroxyl groups is 1. The molecule has 0 bridgehead atoms. The Balaban J connectivity index is 1.28. The molecule has 2 aliphatic rings. The van der Waals surface area contributed by atoms with E-state index in [1.54, 1.807) is 18.2 Å². The number of anilines is 1. The molecule has 2 aliphatic heterocycles. The molecule has 1 unspecified atom stereocenters. The van der Waals surface area contributed by atoms with Gasteiger partial charge >= 0.3 is 23.9 Å². The van der Waals surface area contributed by atoms with Crippen LogP contribution in [0.15, 0.2) is 108 Å². The van der Waals surface area contributed by atoms with Crippen LogP contribution in [0, 0.1) is 5.21 Å². The van der Waals surface area contributed by atoms with Crippen LogP contribution in [0.2, 0.25) is 0 Å². The Morgan fingerprint density at radius 3 is 2.02 bits per heavy atom. The Hall–Kier alpha value is -5.43. The zero-order valence-corrected chi connectivity index (χ0v) is 36.1. The van der Waals surface area contributed by atoms with Crippen molar-refractivity contribution in [3.63, 3.8) is 0 Å². The van der Waals surface area contributed by atoms with Gasteiger partial charge in [0, 0.05) is 69.2 Å². The summed E-state index contributed by atoms with van der Waals surface area (Å²) in [6, 6.07) is 30.0. The number of hydrogen-bond donors (Lipinski definition) is 2. The van der Waals surface area contributed by atoms with Crippen LogP contribution < -0.4 is 10.0 Å². The van der Waals surface area contributed by atoms with Crippen molar-refractivity contribution < 1.29 is 62.2 Å². The lowest BCUT2D eigenvalue weighted by Gasteiger charge is -2.44. The fourth-order valence-electron chi connectivity index (χ4n) is 7.48. The number of pyridine rings is 1. The third-order valence-corrected chi connectivity index (χ3v) is 11.4. The Labute approximate surface area is 368 Å². The summed E-state index contributed by atoms with van der Waals surface area (Å²) in [5.74, 6) is -2.70. The van der Waals surface area contributed by atoms with Crippen LogP contribution in [0.25, 0.3) is 0 Å². The molecule has 328 valence electrons. The number of benzene rings is 3. The quantitative estimate of drug-likeness (QED) is 0.0363. The first kappa shape index (κ1) is 46.1. The predicted octanol–water partition coefficient (Wildman–Crippen LogP) is 5.80. The Bertz CT molecular complexity index is 2190. The highest BCUT2D eigenvalue weighted by atomic mass is 32.2. The number of carbonyl (C=O) groups excluding carboxylic acids is 4. The number of ether oxygens (including phenoxy) is 7. The molecule has 6 rings (SSSR count). The third-order valence-electron chi connectivity index (χ3n) is 10.1. The molecule has 0 saturated carbocycles. The van der Waals surface area contributed by atoms with Crippen LogP contribution in [-0.2, 0) is 58.9 Å². The van der Waals surface area contributed by atoms with Gasteiger partial charge in [0.05, 0.1) is 23.8 Å². The van der Waals surface area contributed by atoms with Gasteiger partial charge in [0.25, 0.3) is 5.03 Å². The zero-order chi connectivity index (χ0) is 44.3. The molecule has 0 radical (unpaired) electrons. The van der Waals surface area contributed by atoms with E-state index in [1.165, 1.54) is 31.8 Å². The molecule has 1 aromatic heterocycles. The molecule has 0 aliphatic carbocycles. The van der Waals surface area contributed by atoms with Crippen molar-refractivity contribution in [3.8, 4) is 0 Å². The molecule has 17 heteroatoms. The molecule has 0 spiro atoms. The van der Waals surface area contributed by atoms with Gasteiger partial charge in [-0.15, -0.1) is 0 Å². The van der Waals surface area contributed by atoms with Crippen molar-refractivity contribution in [1.29, 1.82) is 0 Å². The summed E-state index contributed by atoms with van der Waals surface area (Å²) in [6.07, 6.45) is -6.52. The minimum atomic E-state index is -1.33. The van der Waals surface area contributed by atoms with E-state index in [-0.39, 0.29) is 30.5 Å². The maximum Gasteiger partial charge on any atom is 0.303 e. The van der Waals surface area contributed by atoms with E-state index in [9.17, 15) is 29.5 Å². The molecule has 2 saturated heterocycles. The standard InChI is InChI=1S/C45H48N2O13S2/c1-26(49)54-24-36-43(56-28(3)51)44(57-29(4)52)42(55-27(2)50)35(58-36)22-38(61)46-34-14-10-13-33(21-34)45-59-37(25-62-39-15-8-9-20-47(39)53)40(31-11-6-5-7-12-31)41(60-45)32-18-16-30(23-48)17-19-32/h5-21,35-37,40-45,48H,22-25H2,1-4H3,(H,46,61)/t35-,36+,37+,40+,41-,42-,43+,44+,45?/m0/s1. The van der Waals surface area contributed by atoms with Crippen molar-refractivity contribution >= 4 is 58.5 Å². The van der Waals surface area contributed by atoms with Gasteiger partial charge in [-0.3, -0.25) is 19.2 Å². The van der Waals surface area contributed by atoms with Crippen LogP contribution in [0.3, 0.4) is 0 Å². The number of nitrogens with one attached hydrogen (secondary N) is 1. The lowest BCUT2D eigenvalue weighted by atomic mass is 9.84. The number of aromatic nitrogens is 1. The first-order valence-corrected chi connectivity index (χ1v) is 21.3. The fourth-order valence-corrected chi connectivity index (χ4v) is 8.75. The van der Waals surface area contributed by atoms with Crippen LogP contribution >= 0.6 is 24.0 Å². The molecule has 0 amide bonds. The maximum absolute atomic E-state index is 12.7. The minimum Gasteiger partial charge on any atom is -0.618 e. The number of carbonyl (C=O) groups is 4. The van der Waals surface area contributed by atoms with E-state index in [2.05, 4.69) is 5.32 Å². The van der Waals surface area contributed by atoms with Crippen molar-refractivity contribution in [2.24, 2.45) is 0 Å². The third kappa shape index (κ3) is 12.1. The molecule has 62 heavy (non-hydrogen) atoms. The summed E-state index contributed by atoms with van der Waals surface area (Å²) in [4.78, 5) is 48.9. The van der Waals surface area contributed by atoms with Crippen LogP contribution in [0.1, 0.15) is 74.7 Å². The SMILES string of the molecule is CC(=O)OC[C@H]1O[C@@H](CC(=S)Nc2cccc(C3O[C@H](CSc4cccc[n+]4[O-])[C@@H](c4ccccc4)[C@H](c4ccc(CO)cc4)O3)c2)[C@H](OC(C)=O)[C@@H](OC(C)=O)[C@@H]1OC(C)=O. The number of hydrogen-bond acceptors (Lipinski definition) is 15.